The van der Waals surface area contributed by atoms with Crippen molar-refractivity contribution >= 4 is 52.0 Å². The summed E-state index contributed by atoms with van der Waals surface area (Å²) in [5.41, 5.74) is 0.146. The van der Waals surface area contributed by atoms with Gasteiger partial charge in [-0.3, -0.25) is 19.3 Å². The molecule has 1 saturated carbocycles. The summed E-state index contributed by atoms with van der Waals surface area (Å²) in [5.74, 6) is -2.33. The number of morpholine rings is 1. The van der Waals surface area contributed by atoms with Crippen molar-refractivity contribution in [3.8, 4) is 0 Å². The highest BCUT2D eigenvalue weighted by molar-refractivity contribution is 7.18. The Labute approximate surface area is 214 Å². The van der Waals surface area contributed by atoms with Gasteiger partial charge in [-0.25, -0.2) is 13.2 Å². The summed E-state index contributed by atoms with van der Waals surface area (Å²) in [4.78, 5) is 40.7. The zero-order valence-corrected chi connectivity index (χ0v) is 20.6. The van der Waals surface area contributed by atoms with E-state index in [1.807, 2.05) is 0 Å². The molecule has 13 heteroatoms. The van der Waals surface area contributed by atoms with Crippen LogP contribution in [0, 0.1) is 5.82 Å². The number of hydrogen-bond donors (Lipinski definition) is 2. The van der Waals surface area contributed by atoms with Gasteiger partial charge in [-0.15, -0.1) is 11.3 Å². The molecule has 2 aliphatic rings. The second-order valence-electron chi connectivity index (χ2n) is 8.40. The first-order valence-corrected chi connectivity index (χ1v) is 12.5. The fourth-order valence-corrected chi connectivity index (χ4v) is 4.91. The monoisotopic (exact) mass is 544 g/mol. The standard InChI is InChI=1S/C23H24ClF3N4O4S/c24-19-6-5-18(36-19)23(34)28-10-17(31(11-20(26)27)13-1-2-13)22(33)29-16-4-3-14(9-15(16)25)30-7-8-35-12-21(30)32/h3-6,9,13,17,20H,1-2,7-8,10-12H2,(H,28,34)(H,29,33)/t17-/m0/s1. The molecule has 1 aromatic carbocycles. The Morgan fingerprint density at radius 3 is 2.64 bits per heavy atom. The van der Waals surface area contributed by atoms with Crippen LogP contribution in [-0.2, 0) is 14.3 Å². The molecule has 8 nitrogen and oxygen atoms in total. The highest BCUT2D eigenvalue weighted by atomic mass is 35.5. The summed E-state index contributed by atoms with van der Waals surface area (Å²) in [5, 5.41) is 5.06. The number of rotatable bonds is 10. The van der Waals surface area contributed by atoms with Gasteiger partial charge in [-0.05, 0) is 43.2 Å². The molecule has 1 saturated heterocycles. The van der Waals surface area contributed by atoms with Crippen molar-refractivity contribution < 1.29 is 32.3 Å². The number of nitrogens with one attached hydrogen (secondary N) is 2. The Kier molecular flexibility index (Phi) is 8.50. The van der Waals surface area contributed by atoms with Crippen molar-refractivity contribution in [3.63, 3.8) is 0 Å². The van der Waals surface area contributed by atoms with Crippen LogP contribution < -0.4 is 15.5 Å². The van der Waals surface area contributed by atoms with Gasteiger partial charge in [0.1, 0.15) is 18.5 Å². The maximum absolute atomic E-state index is 14.9. The number of thiophene rings is 1. The first-order valence-electron chi connectivity index (χ1n) is 11.3. The van der Waals surface area contributed by atoms with Gasteiger partial charge in [0.25, 0.3) is 18.2 Å². The van der Waals surface area contributed by atoms with E-state index in [2.05, 4.69) is 10.6 Å². The summed E-state index contributed by atoms with van der Waals surface area (Å²) in [6.07, 6.45) is -1.42. The van der Waals surface area contributed by atoms with Gasteiger partial charge in [0, 0.05) is 24.8 Å². The molecule has 0 radical (unpaired) electrons. The molecule has 2 aromatic rings. The van der Waals surface area contributed by atoms with Crippen LogP contribution in [0.2, 0.25) is 4.34 Å². The Morgan fingerprint density at radius 2 is 2.03 bits per heavy atom. The van der Waals surface area contributed by atoms with Gasteiger partial charge in [0.05, 0.1) is 28.1 Å². The lowest BCUT2D eigenvalue weighted by atomic mass is 10.1. The van der Waals surface area contributed by atoms with E-state index in [1.54, 1.807) is 6.07 Å². The molecule has 3 amide bonds. The molecule has 1 aromatic heterocycles. The zero-order chi connectivity index (χ0) is 25.8. The lowest BCUT2D eigenvalue weighted by molar-refractivity contribution is -0.125. The molecular formula is C23H24ClF3N4O4S. The summed E-state index contributed by atoms with van der Waals surface area (Å²) in [6.45, 7) is -0.440. The minimum atomic E-state index is -2.70. The van der Waals surface area contributed by atoms with E-state index in [-0.39, 0.29) is 37.3 Å². The third-order valence-electron chi connectivity index (χ3n) is 5.83. The topological polar surface area (TPSA) is 91.0 Å². The van der Waals surface area contributed by atoms with Crippen LogP contribution in [0.3, 0.4) is 0 Å². The lowest BCUT2D eigenvalue weighted by Gasteiger charge is -2.31. The number of nitrogens with zero attached hydrogens (tertiary/aromatic N) is 2. The number of carbonyl (C=O) groups excluding carboxylic acids is 3. The van der Waals surface area contributed by atoms with Gasteiger partial charge in [0.15, 0.2) is 0 Å². The largest absolute Gasteiger partial charge is 0.370 e. The minimum Gasteiger partial charge on any atom is -0.370 e. The number of halogens is 4. The van der Waals surface area contributed by atoms with Crippen LogP contribution in [0.15, 0.2) is 30.3 Å². The Balaban J connectivity index is 1.50. The van der Waals surface area contributed by atoms with E-state index in [9.17, 15) is 27.6 Å². The van der Waals surface area contributed by atoms with E-state index in [4.69, 9.17) is 16.3 Å². The molecule has 36 heavy (non-hydrogen) atoms. The predicted octanol–water partition coefficient (Wildman–Crippen LogP) is 3.37. The number of benzene rings is 1. The van der Waals surface area contributed by atoms with E-state index < -0.39 is 36.6 Å². The molecule has 1 atom stereocenters. The number of carbonyl (C=O) groups is 3. The molecule has 0 spiro atoms. The fraction of sp³-hybridized carbons (Fsp3) is 0.435. The van der Waals surface area contributed by atoms with Crippen molar-refractivity contribution in [1.82, 2.24) is 10.2 Å². The smallest absolute Gasteiger partial charge is 0.261 e. The maximum atomic E-state index is 14.9. The summed E-state index contributed by atoms with van der Waals surface area (Å²) in [6, 6.07) is 5.59. The summed E-state index contributed by atoms with van der Waals surface area (Å²) in [7, 11) is 0. The Hall–Kier alpha value is -2.67. The molecule has 0 bridgehead atoms. The van der Waals surface area contributed by atoms with Crippen LogP contribution in [-0.4, -0.2) is 74.0 Å². The van der Waals surface area contributed by atoms with E-state index >= 15 is 0 Å². The Morgan fingerprint density at radius 1 is 1.25 bits per heavy atom. The summed E-state index contributed by atoms with van der Waals surface area (Å²) < 4.78 is 47.0. The first kappa shape index (κ1) is 26.4. The van der Waals surface area contributed by atoms with Gasteiger partial charge < -0.3 is 20.3 Å². The number of ether oxygens (including phenoxy) is 1. The van der Waals surface area contributed by atoms with Crippen LogP contribution in [0.5, 0.6) is 0 Å². The second-order valence-corrected chi connectivity index (χ2v) is 10.1. The maximum Gasteiger partial charge on any atom is 0.261 e. The molecule has 4 rings (SSSR count). The third kappa shape index (κ3) is 6.55. The normalized spacial score (nSPS) is 16.9. The zero-order valence-electron chi connectivity index (χ0n) is 19.0. The molecule has 0 unspecified atom stereocenters. The summed E-state index contributed by atoms with van der Waals surface area (Å²) >= 11 is 6.91. The molecule has 2 N–H and O–H groups in total. The molecule has 2 heterocycles. The molecular weight excluding hydrogens is 521 g/mol. The average Bonchev–Trinajstić information content (AvgIpc) is 3.59. The van der Waals surface area contributed by atoms with Gasteiger partial charge in [-0.2, -0.15) is 0 Å². The van der Waals surface area contributed by atoms with E-state index in [0.29, 0.717) is 34.3 Å². The minimum absolute atomic E-state index is 0.105. The average molecular weight is 545 g/mol. The predicted molar refractivity (Wildman–Crippen MR) is 129 cm³/mol. The number of amides is 3. The van der Waals surface area contributed by atoms with E-state index in [0.717, 1.165) is 17.4 Å². The third-order valence-corrected chi connectivity index (χ3v) is 7.06. The number of hydrogen-bond acceptors (Lipinski definition) is 6. The highest BCUT2D eigenvalue weighted by Gasteiger charge is 2.39. The van der Waals surface area contributed by atoms with Crippen LogP contribution in [0.4, 0.5) is 24.5 Å². The van der Waals surface area contributed by atoms with Crippen LogP contribution in [0.1, 0.15) is 22.5 Å². The van der Waals surface area contributed by atoms with E-state index in [1.165, 1.54) is 28.0 Å². The molecule has 2 fully saturated rings. The van der Waals surface area contributed by atoms with Crippen LogP contribution in [0.25, 0.3) is 0 Å². The first-order chi connectivity index (χ1) is 17.2. The fourth-order valence-electron chi connectivity index (χ4n) is 3.95. The molecule has 1 aliphatic carbocycles. The van der Waals surface area contributed by atoms with Crippen molar-refractivity contribution in [3.05, 3.63) is 45.4 Å². The SMILES string of the molecule is O=C(NC[C@@H](C(=O)Nc1ccc(N2CCOCC2=O)cc1F)N(CC(F)F)C1CC1)c1ccc(Cl)s1. The van der Waals surface area contributed by atoms with Crippen molar-refractivity contribution in [2.45, 2.75) is 31.4 Å². The number of anilines is 2. The van der Waals surface area contributed by atoms with Crippen LogP contribution >= 0.6 is 22.9 Å². The number of alkyl halides is 2. The van der Waals surface area contributed by atoms with Gasteiger partial charge in [-0.1, -0.05) is 11.6 Å². The lowest BCUT2D eigenvalue weighted by Crippen LogP contribution is -2.53. The van der Waals surface area contributed by atoms with Crippen molar-refractivity contribution in [1.29, 1.82) is 0 Å². The van der Waals surface area contributed by atoms with Crippen molar-refractivity contribution in [2.75, 3.05) is 43.1 Å². The Bertz CT molecular complexity index is 1130. The quantitative estimate of drug-likeness (QED) is 0.479. The molecule has 1 aliphatic heterocycles. The molecule has 194 valence electrons. The second kappa shape index (κ2) is 11.6. The van der Waals surface area contributed by atoms with Crippen molar-refractivity contribution in [2.24, 2.45) is 0 Å². The van der Waals surface area contributed by atoms with Gasteiger partial charge >= 0.3 is 0 Å². The highest BCUT2D eigenvalue weighted by Crippen LogP contribution is 2.30. The van der Waals surface area contributed by atoms with Gasteiger partial charge in [0.2, 0.25) is 5.91 Å².